The molecule has 6 nitrogen and oxygen atoms in total. The highest BCUT2D eigenvalue weighted by molar-refractivity contribution is 7.21. The summed E-state index contributed by atoms with van der Waals surface area (Å²) in [6.45, 7) is 7.25. The number of aliphatic hydroxyl groups is 1. The zero-order chi connectivity index (χ0) is 21.8. The van der Waals surface area contributed by atoms with Gasteiger partial charge < -0.3 is 15.7 Å². The van der Waals surface area contributed by atoms with Crippen molar-refractivity contribution in [1.82, 2.24) is 15.0 Å². The molecule has 0 amide bonds. The van der Waals surface area contributed by atoms with Crippen LogP contribution in [0.2, 0.25) is 0 Å². The van der Waals surface area contributed by atoms with E-state index in [2.05, 4.69) is 16.7 Å². The summed E-state index contributed by atoms with van der Waals surface area (Å²) < 4.78 is 1.17. The molecule has 2 aliphatic carbocycles. The van der Waals surface area contributed by atoms with Crippen molar-refractivity contribution >= 4 is 33.3 Å². The highest BCUT2D eigenvalue weighted by atomic mass is 32.1. The number of fused-ring (bicyclic) bond motifs is 1. The van der Waals surface area contributed by atoms with Crippen LogP contribution in [-0.2, 0) is 0 Å². The minimum atomic E-state index is 0.264. The summed E-state index contributed by atoms with van der Waals surface area (Å²) in [5.41, 5.74) is 2.95. The van der Waals surface area contributed by atoms with Gasteiger partial charge in [-0.2, -0.15) is 4.98 Å². The van der Waals surface area contributed by atoms with Crippen molar-refractivity contribution in [2.75, 3.05) is 23.8 Å². The van der Waals surface area contributed by atoms with Crippen LogP contribution in [0.15, 0.2) is 24.3 Å². The van der Waals surface area contributed by atoms with Gasteiger partial charge in [0.05, 0.1) is 21.5 Å². The van der Waals surface area contributed by atoms with E-state index in [-0.39, 0.29) is 6.61 Å². The lowest BCUT2D eigenvalue weighted by Gasteiger charge is -2.18. The van der Waals surface area contributed by atoms with Gasteiger partial charge >= 0.3 is 0 Å². The molecule has 2 saturated carbocycles. The second-order valence-corrected chi connectivity index (χ2v) is 9.40. The number of rotatable bonds is 7. The first-order valence-electron chi connectivity index (χ1n) is 11.6. The second-order valence-electron chi connectivity index (χ2n) is 8.37. The molecule has 5 rings (SSSR count). The van der Waals surface area contributed by atoms with Crippen LogP contribution in [0.1, 0.15) is 51.6 Å². The average Bonchev–Trinajstić information content (AvgIpc) is 3.34. The first-order valence-corrected chi connectivity index (χ1v) is 12.4. The Balaban J connectivity index is 0.00000112. The Labute approximate surface area is 188 Å². The summed E-state index contributed by atoms with van der Waals surface area (Å²) in [4.78, 5) is 14.5. The van der Waals surface area contributed by atoms with Crippen LogP contribution in [0.4, 0.5) is 11.8 Å². The average molecular weight is 440 g/mol. The topological polar surface area (TPSA) is 83.0 Å². The normalized spacial score (nSPS) is 20.4. The van der Waals surface area contributed by atoms with Gasteiger partial charge in [-0.05, 0) is 63.0 Å². The summed E-state index contributed by atoms with van der Waals surface area (Å²) >= 11 is 1.68. The van der Waals surface area contributed by atoms with E-state index in [9.17, 15) is 5.11 Å². The molecule has 0 bridgehead atoms. The van der Waals surface area contributed by atoms with Gasteiger partial charge in [0.15, 0.2) is 0 Å². The molecule has 0 spiro atoms. The first kappa shape index (κ1) is 22.0. The number of aliphatic hydroxyl groups excluding tert-OH is 1. The van der Waals surface area contributed by atoms with Crippen LogP contribution in [0.5, 0.6) is 0 Å². The lowest BCUT2D eigenvalue weighted by molar-refractivity contribution is 0.229. The maximum atomic E-state index is 9.51. The van der Waals surface area contributed by atoms with E-state index < -0.39 is 0 Å². The summed E-state index contributed by atoms with van der Waals surface area (Å²) in [7, 11) is 0. The fourth-order valence-electron chi connectivity index (χ4n) is 4.11. The van der Waals surface area contributed by atoms with Gasteiger partial charge in [0.2, 0.25) is 5.95 Å². The monoisotopic (exact) mass is 439 g/mol. The van der Waals surface area contributed by atoms with Crippen LogP contribution >= 0.6 is 11.3 Å². The number of hydrogen-bond acceptors (Lipinski definition) is 7. The first-order chi connectivity index (χ1) is 15.2. The molecule has 0 radical (unpaired) electrons. The summed E-state index contributed by atoms with van der Waals surface area (Å²) in [5, 5.41) is 17.5. The Morgan fingerprint density at radius 3 is 2.52 bits per heavy atom. The molecule has 0 saturated heterocycles. The van der Waals surface area contributed by atoms with Crippen molar-refractivity contribution in [3.63, 3.8) is 0 Å². The summed E-state index contributed by atoms with van der Waals surface area (Å²) in [6.07, 6.45) is 5.68. The third kappa shape index (κ3) is 5.15. The molecule has 2 unspecified atom stereocenters. The largest absolute Gasteiger partial charge is 0.396 e. The van der Waals surface area contributed by atoms with Crippen LogP contribution in [0.25, 0.3) is 20.8 Å². The lowest BCUT2D eigenvalue weighted by atomic mass is 10.1. The fourth-order valence-corrected chi connectivity index (χ4v) is 5.18. The molecule has 2 fully saturated rings. The van der Waals surface area contributed by atoms with Gasteiger partial charge in [-0.3, -0.25) is 0 Å². The number of anilines is 2. The zero-order valence-corrected chi connectivity index (χ0v) is 19.5. The number of aryl methyl sites for hydroxylation is 1. The highest BCUT2D eigenvalue weighted by Gasteiger charge is 2.27. The zero-order valence-electron chi connectivity index (χ0n) is 18.7. The van der Waals surface area contributed by atoms with Gasteiger partial charge in [0, 0.05) is 19.2 Å². The van der Waals surface area contributed by atoms with Gasteiger partial charge in [-0.1, -0.05) is 26.0 Å². The van der Waals surface area contributed by atoms with Crippen molar-refractivity contribution in [3.8, 4) is 10.6 Å². The molecule has 7 heteroatoms. The Morgan fingerprint density at radius 2 is 1.81 bits per heavy atom. The Morgan fingerprint density at radius 1 is 1.03 bits per heavy atom. The number of benzene rings is 1. The van der Waals surface area contributed by atoms with Gasteiger partial charge in [-0.25, -0.2) is 9.97 Å². The molecule has 1 aromatic carbocycles. The molecule has 166 valence electrons. The molecular weight excluding hydrogens is 406 g/mol. The summed E-state index contributed by atoms with van der Waals surface area (Å²) in [5.74, 6) is 2.70. The van der Waals surface area contributed by atoms with E-state index >= 15 is 0 Å². The number of para-hydroxylation sites is 1. The number of nitrogens with one attached hydrogen (secondary N) is 2. The molecule has 2 aliphatic rings. The predicted octanol–water partition coefficient (Wildman–Crippen LogP) is 5.48. The van der Waals surface area contributed by atoms with Crippen molar-refractivity contribution in [2.45, 2.75) is 58.9 Å². The van der Waals surface area contributed by atoms with Crippen LogP contribution < -0.4 is 10.6 Å². The molecule has 0 aliphatic heterocycles. The van der Waals surface area contributed by atoms with Gasteiger partial charge in [0.1, 0.15) is 10.8 Å². The van der Waals surface area contributed by atoms with Crippen LogP contribution in [0.3, 0.4) is 0 Å². The van der Waals surface area contributed by atoms with E-state index in [0.29, 0.717) is 17.9 Å². The van der Waals surface area contributed by atoms with Gasteiger partial charge in [-0.15, -0.1) is 11.3 Å². The van der Waals surface area contributed by atoms with Crippen LogP contribution in [0, 0.1) is 18.8 Å². The minimum absolute atomic E-state index is 0.264. The van der Waals surface area contributed by atoms with E-state index in [1.54, 1.807) is 11.3 Å². The Bertz CT molecular complexity index is 983. The third-order valence-corrected chi connectivity index (χ3v) is 7.04. The Kier molecular flexibility index (Phi) is 7.02. The molecule has 2 atom stereocenters. The Hall–Kier alpha value is -2.25. The standard InChI is InChI=1S/C22H27N5OS.C2H6/c1-13-19(21-26-17-4-2-3-5-18(17)29-21)20(25-16-9-8-15(10-16)12-28)27-22(24-13)23-11-14-6-7-14;1-2/h2-5,14-16,28H,6-12H2,1H3,(H2,23,24,25,27);1-2H3. The lowest BCUT2D eigenvalue weighted by Crippen LogP contribution is -2.19. The van der Waals surface area contributed by atoms with E-state index in [4.69, 9.17) is 15.0 Å². The van der Waals surface area contributed by atoms with Crippen LogP contribution in [-0.4, -0.2) is 39.3 Å². The van der Waals surface area contributed by atoms with E-state index in [0.717, 1.165) is 59.3 Å². The molecule has 2 heterocycles. The highest BCUT2D eigenvalue weighted by Crippen LogP contribution is 2.38. The number of aromatic nitrogens is 3. The predicted molar refractivity (Wildman–Crippen MR) is 130 cm³/mol. The summed E-state index contributed by atoms with van der Waals surface area (Å²) in [6, 6.07) is 8.55. The molecular formula is C24H33N5OS. The number of hydrogen-bond donors (Lipinski definition) is 3. The van der Waals surface area contributed by atoms with Crippen molar-refractivity contribution in [1.29, 1.82) is 0 Å². The minimum Gasteiger partial charge on any atom is -0.396 e. The van der Waals surface area contributed by atoms with E-state index in [1.807, 2.05) is 39.0 Å². The van der Waals surface area contributed by atoms with Gasteiger partial charge in [0.25, 0.3) is 0 Å². The molecule has 3 N–H and O–H groups in total. The number of thiazole rings is 1. The third-order valence-electron chi connectivity index (χ3n) is 5.98. The SMILES string of the molecule is CC.Cc1nc(NCC2CC2)nc(NC2CCC(CO)C2)c1-c1nc2ccccc2s1. The van der Waals surface area contributed by atoms with Crippen molar-refractivity contribution in [3.05, 3.63) is 30.0 Å². The van der Waals surface area contributed by atoms with E-state index in [1.165, 1.54) is 17.5 Å². The number of nitrogens with zero attached hydrogens (tertiary/aromatic N) is 3. The van der Waals surface area contributed by atoms with Crippen molar-refractivity contribution < 1.29 is 5.11 Å². The molecule has 2 aromatic heterocycles. The maximum Gasteiger partial charge on any atom is 0.224 e. The molecule has 3 aromatic rings. The second kappa shape index (κ2) is 9.92. The smallest absolute Gasteiger partial charge is 0.224 e. The molecule has 31 heavy (non-hydrogen) atoms. The van der Waals surface area contributed by atoms with Crippen molar-refractivity contribution in [2.24, 2.45) is 11.8 Å². The quantitative estimate of drug-likeness (QED) is 0.452. The maximum absolute atomic E-state index is 9.51. The fraction of sp³-hybridized carbons (Fsp3) is 0.542.